The van der Waals surface area contributed by atoms with Gasteiger partial charge in [-0.3, -0.25) is 0 Å². The first-order valence-corrected chi connectivity index (χ1v) is 9.26. The van der Waals surface area contributed by atoms with Crippen LogP contribution in [-0.2, 0) is 6.42 Å². The van der Waals surface area contributed by atoms with Crippen LogP contribution >= 0.6 is 0 Å². The molecule has 3 rings (SSSR count). The molecule has 0 amide bonds. The lowest BCUT2D eigenvalue weighted by Crippen LogP contribution is -2.23. The number of hydrogen-bond acceptors (Lipinski definition) is 0. The molecule has 0 aliphatic heterocycles. The van der Waals surface area contributed by atoms with Crippen LogP contribution in [0.15, 0.2) is 72.3 Å². The molecule has 1 aliphatic carbocycles. The van der Waals surface area contributed by atoms with Gasteiger partial charge in [0.25, 0.3) is 0 Å². The zero-order chi connectivity index (χ0) is 20.1. The second-order valence-corrected chi connectivity index (χ2v) is 7.12. The summed E-state index contributed by atoms with van der Waals surface area (Å²) < 4.78 is 66.8. The van der Waals surface area contributed by atoms with Gasteiger partial charge in [0.1, 0.15) is 0 Å². The van der Waals surface area contributed by atoms with Gasteiger partial charge in [0.15, 0.2) is 11.6 Å². The summed E-state index contributed by atoms with van der Waals surface area (Å²) in [5.74, 6) is -3.41. The van der Waals surface area contributed by atoms with E-state index in [0.717, 1.165) is 11.6 Å². The molecule has 28 heavy (non-hydrogen) atoms. The number of rotatable bonds is 6. The van der Waals surface area contributed by atoms with Gasteiger partial charge in [-0.25, -0.2) is 8.78 Å². The lowest BCUT2D eigenvalue weighted by atomic mass is 9.83. The molecule has 2 aromatic rings. The van der Waals surface area contributed by atoms with E-state index in [1.807, 2.05) is 18.2 Å². The topological polar surface area (TPSA) is 0 Å². The highest BCUT2D eigenvalue weighted by molar-refractivity contribution is 5.28. The van der Waals surface area contributed by atoms with Gasteiger partial charge >= 0.3 is 6.18 Å². The first-order chi connectivity index (χ1) is 13.3. The van der Waals surface area contributed by atoms with Gasteiger partial charge in [-0.1, -0.05) is 60.2 Å². The minimum atomic E-state index is -4.29. The smallest absolute Gasteiger partial charge is 0.204 e. The second-order valence-electron chi connectivity index (χ2n) is 7.12. The third kappa shape index (κ3) is 5.31. The Hall–Kier alpha value is -2.43. The van der Waals surface area contributed by atoms with Crippen molar-refractivity contribution in [1.82, 2.24) is 0 Å². The summed E-state index contributed by atoms with van der Waals surface area (Å²) in [5, 5.41) is 0. The number of aryl methyl sites for hydroxylation is 1. The maximum atomic E-state index is 13.5. The lowest BCUT2D eigenvalue weighted by Gasteiger charge is -2.25. The van der Waals surface area contributed by atoms with Crippen molar-refractivity contribution in [2.24, 2.45) is 5.92 Å². The molecule has 148 valence electrons. The fourth-order valence-corrected chi connectivity index (χ4v) is 3.50. The Morgan fingerprint density at radius 3 is 2.29 bits per heavy atom. The average molecular weight is 392 g/mol. The molecule has 0 radical (unpaired) electrons. The molecule has 5 heteroatoms. The number of hydrogen-bond donors (Lipinski definition) is 0. The van der Waals surface area contributed by atoms with Crippen molar-refractivity contribution in [2.45, 2.75) is 37.8 Å². The first kappa shape index (κ1) is 20.3. The molecule has 2 aromatic carbocycles. The number of benzene rings is 2. The Morgan fingerprint density at radius 2 is 1.68 bits per heavy atom. The van der Waals surface area contributed by atoms with Crippen molar-refractivity contribution in [3.05, 3.63) is 95.1 Å². The molecule has 0 spiro atoms. The minimum Gasteiger partial charge on any atom is -0.204 e. The molecule has 0 bridgehead atoms. The quantitative estimate of drug-likeness (QED) is 0.459. The summed E-state index contributed by atoms with van der Waals surface area (Å²) in [6.45, 7) is 0. The van der Waals surface area contributed by atoms with Crippen LogP contribution in [0.4, 0.5) is 22.0 Å². The average Bonchev–Trinajstić information content (AvgIpc) is 2.68. The van der Waals surface area contributed by atoms with Gasteiger partial charge in [0.05, 0.1) is 5.92 Å². The molecule has 2 atom stereocenters. The first-order valence-electron chi connectivity index (χ1n) is 9.26. The third-order valence-corrected chi connectivity index (χ3v) is 5.09. The van der Waals surface area contributed by atoms with Crippen molar-refractivity contribution >= 4 is 0 Å². The Bertz CT molecular complexity index is 849. The van der Waals surface area contributed by atoms with E-state index >= 15 is 0 Å². The fourth-order valence-electron chi connectivity index (χ4n) is 3.50. The second kappa shape index (κ2) is 8.72. The Morgan fingerprint density at radius 1 is 0.929 bits per heavy atom. The molecular formula is C23H21F5. The van der Waals surface area contributed by atoms with E-state index in [1.165, 1.54) is 18.2 Å². The van der Waals surface area contributed by atoms with Crippen LogP contribution in [0.3, 0.4) is 0 Å². The largest absolute Gasteiger partial charge is 0.395 e. The minimum absolute atomic E-state index is 0.0109. The van der Waals surface area contributed by atoms with Crippen LogP contribution in [0.2, 0.25) is 0 Å². The van der Waals surface area contributed by atoms with E-state index in [4.69, 9.17) is 0 Å². The molecule has 0 aromatic heterocycles. The number of allylic oxidation sites excluding steroid dienone is 4. The number of halogens is 5. The Kier molecular flexibility index (Phi) is 6.32. The van der Waals surface area contributed by atoms with Crippen LogP contribution in [0.25, 0.3) is 0 Å². The summed E-state index contributed by atoms with van der Waals surface area (Å²) in [7, 11) is 0. The van der Waals surface area contributed by atoms with E-state index in [-0.39, 0.29) is 17.9 Å². The van der Waals surface area contributed by atoms with Crippen LogP contribution in [0.5, 0.6) is 0 Å². The van der Waals surface area contributed by atoms with Crippen molar-refractivity contribution < 1.29 is 22.0 Å². The maximum absolute atomic E-state index is 13.5. The third-order valence-electron chi connectivity index (χ3n) is 5.09. The lowest BCUT2D eigenvalue weighted by molar-refractivity contribution is -0.153. The Labute approximate surface area is 161 Å². The molecule has 2 unspecified atom stereocenters. The van der Waals surface area contributed by atoms with Crippen molar-refractivity contribution in [3.63, 3.8) is 0 Å². The van der Waals surface area contributed by atoms with Crippen LogP contribution in [0, 0.1) is 17.6 Å². The van der Waals surface area contributed by atoms with Crippen LogP contribution in [-0.4, -0.2) is 6.18 Å². The summed E-state index contributed by atoms with van der Waals surface area (Å²) in [5.41, 5.74) is 1.98. The van der Waals surface area contributed by atoms with Crippen molar-refractivity contribution in [3.8, 4) is 0 Å². The Balaban J connectivity index is 1.58. The standard InChI is InChI=1S/C23H21F5/c24-21-13-12-18(15-22(21)25)11-8-16-6-9-17(10-7-16)14-20(23(26,27)28)19-4-2-1-3-5-19/h1-7,9,12-13,15,17,20H,8,10-11,14H2. The van der Waals surface area contributed by atoms with Crippen LogP contribution < -0.4 is 0 Å². The molecule has 0 saturated heterocycles. The normalized spacial score (nSPS) is 18.0. The monoisotopic (exact) mass is 392 g/mol. The van der Waals surface area contributed by atoms with E-state index < -0.39 is 23.7 Å². The fraction of sp³-hybridized carbons (Fsp3) is 0.304. The van der Waals surface area contributed by atoms with Gasteiger partial charge in [0.2, 0.25) is 0 Å². The van der Waals surface area contributed by atoms with E-state index in [0.29, 0.717) is 24.8 Å². The highest BCUT2D eigenvalue weighted by Crippen LogP contribution is 2.41. The summed E-state index contributed by atoms with van der Waals surface area (Å²) >= 11 is 0. The van der Waals surface area contributed by atoms with Crippen molar-refractivity contribution in [2.75, 3.05) is 0 Å². The van der Waals surface area contributed by atoms with E-state index in [9.17, 15) is 22.0 Å². The zero-order valence-corrected chi connectivity index (χ0v) is 15.2. The molecule has 0 heterocycles. The number of alkyl halides is 3. The SMILES string of the molecule is Fc1ccc(CCC2=CCC(CC(c3ccccc3)C(F)(F)F)C=C2)cc1F. The molecular weight excluding hydrogens is 371 g/mol. The van der Waals surface area contributed by atoms with E-state index in [1.54, 1.807) is 24.3 Å². The highest BCUT2D eigenvalue weighted by atomic mass is 19.4. The van der Waals surface area contributed by atoms with Gasteiger partial charge in [-0.05, 0) is 54.9 Å². The molecule has 0 nitrogen and oxygen atoms in total. The molecule has 1 aliphatic rings. The summed E-state index contributed by atoms with van der Waals surface area (Å²) in [6, 6.07) is 11.8. The van der Waals surface area contributed by atoms with Gasteiger partial charge < -0.3 is 0 Å². The van der Waals surface area contributed by atoms with Crippen LogP contribution in [0.1, 0.15) is 36.3 Å². The van der Waals surface area contributed by atoms with E-state index in [2.05, 4.69) is 0 Å². The maximum Gasteiger partial charge on any atom is 0.395 e. The van der Waals surface area contributed by atoms with Gasteiger partial charge in [0, 0.05) is 0 Å². The van der Waals surface area contributed by atoms with Crippen molar-refractivity contribution in [1.29, 1.82) is 0 Å². The highest BCUT2D eigenvalue weighted by Gasteiger charge is 2.41. The predicted molar refractivity (Wildman–Crippen MR) is 99.9 cm³/mol. The predicted octanol–water partition coefficient (Wildman–Crippen LogP) is 7.14. The summed E-state index contributed by atoms with van der Waals surface area (Å²) in [4.78, 5) is 0. The molecule has 0 N–H and O–H groups in total. The summed E-state index contributed by atoms with van der Waals surface area (Å²) in [6.07, 6.45) is 3.09. The molecule has 0 fully saturated rings. The zero-order valence-electron chi connectivity index (χ0n) is 15.2. The molecule has 0 saturated carbocycles. The van der Waals surface area contributed by atoms with Gasteiger partial charge in [-0.2, -0.15) is 13.2 Å². The van der Waals surface area contributed by atoms with Gasteiger partial charge in [-0.15, -0.1) is 0 Å².